The van der Waals surface area contributed by atoms with Gasteiger partial charge in [0.2, 0.25) is 5.95 Å². The van der Waals surface area contributed by atoms with Crippen molar-refractivity contribution >= 4 is 11.8 Å². The molecule has 0 aliphatic rings. The molecule has 1 aromatic heterocycles. The molecule has 1 aromatic rings. The molecular formula is C11H22N4. The number of anilines is 2. The Balaban J connectivity index is 0.000000921. The van der Waals surface area contributed by atoms with E-state index >= 15 is 0 Å². The maximum absolute atomic E-state index is 5.77. The Bertz CT molecular complexity index is 308. The lowest BCUT2D eigenvalue weighted by Crippen LogP contribution is -2.09. The lowest BCUT2D eigenvalue weighted by atomic mass is 10.0. The van der Waals surface area contributed by atoms with Crippen LogP contribution in [-0.4, -0.2) is 9.97 Å². The van der Waals surface area contributed by atoms with Crippen LogP contribution in [-0.2, 0) is 6.42 Å². The quantitative estimate of drug-likeness (QED) is 0.785. The number of hydrogen-bond acceptors (Lipinski definition) is 4. The van der Waals surface area contributed by atoms with Gasteiger partial charge in [0, 0.05) is 5.56 Å². The van der Waals surface area contributed by atoms with Gasteiger partial charge < -0.3 is 11.5 Å². The minimum absolute atomic E-state index is 0.263. The van der Waals surface area contributed by atoms with Crippen LogP contribution >= 0.6 is 0 Å². The highest BCUT2D eigenvalue weighted by Gasteiger charge is 2.12. The van der Waals surface area contributed by atoms with Gasteiger partial charge in [-0.25, -0.2) is 4.98 Å². The fraction of sp³-hybridized carbons (Fsp3) is 0.636. The summed E-state index contributed by atoms with van der Waals surface area (Å²) in [5.41, 5.74) is 13.3. The van der Waals surface area contributed by atoms with E-state index < -0.39 is 0 Å². The van der Waals surface area contributed by atoms with Crippen LogP contribution in [0.5, 0.6) is 0 Å². The molecule has 0 fully saturated rings. The molecule has 1 heterocycles. The molecule has 0 spiro atoms. The van der Waals surface area contributed by atoms with E-state index in [0.29, 0.717) is 11.7 Å². The molecule has 0 aromatic carbocycles. The third kappa shape index (κ3) is 3.38. The van der Waals surface area contributed by atoms with E-state index in [-0.39, 0.29) is 5.95 Å². The molecular weight excluding hydrogens is 188 g/mol. The Hall–Kier alpha value is -1.32. The molecule has 4 nitrogen and oxygen atoms in total. The average molecular weight is 210 g/mol. The highest BCUT2D eigenvalue weighted by atomic mass is 15.0. The molecule has 86 valence electrons. The van der Waals surface area contributed by atoms with Crippen molar-refractivity contribution in [2.24, 2.45) is 0 Å². The van der Waals surface area contributed by atoms with Crippen molar-refractivity contribution in [2.75, 3.05) is 11.5 Å². The molecule has 4 N–H and O–H groups in total. The first-order chi connectivity index (χ1) is 7.06. The van der Waals surface area contributed by atoms with Gasteiger partial charge in [-0.15, -0.1) is 0 Å². The van der Waals surface area contributed by atoms with Gasteiger partial charge >= 0.3 is 0 Å². The molecule has 0 saturated heterocycles. The van der Waals surface area contributed by atoms with Crippen molar-refractivity contribution in [3.8, 4) is 0 Å². The number of rotatable bonds is 2. The summed E-state index contributed by atoms with van der Waals surface area (Å²) in [6.07, 6.45) is 0.838. The maximum Gasteiger partial charge on any atom is 0.222 e. The summed E-state index contributed by atoms with van der Waals surface area (Å²) in [5.74, 6) is 1.12. The van der Waals surface area contributed by atoms with Gasteiger partial charge in [0.05, 0.1) is 5.69 Å². The molecule has 1 rings (SSSR count). The lowest BCUT2D eigenvalue weighted by molar-refractivity contribution is 0.818. The first-order valence-corrected chi connectivity index (χ1v) is 5.48. The molecule has 0 amide bonds. The van der Waals surface area contributed by atoms with Crippen LogP contribution < -0.4 is 11.5 Å². The van der Waals surface area contributed by atoms with Gasteiger partial charge in [-0.1, -0.05) is 34.6 Å². The lowest BCUT2D eigenvalue weighted by Gasteiger charge is -2.12. The molecule has 0 atom stereocenters. The zero-order chi connectivity index (χ0) is 12.0. The number of hydrogen-bond donors (Lipinski definition) is 2. The van der Waals surface area contributed by atoms with Crippen LogP contribution in [0.4, 0.5) is 11.8 Å². The van der Waals surface area contributed by atoms with E-state index in [1.807, 2.05) is 20.8 Å². The Kier molecular flexibility index (Phi) is 5.67. The second-order valence-corrected chi connectivity index (χ2v) is 3.34. The van der Waals surface area contributed by atoms with E-state index in [4.69, 9.17) is 11.5 Å². The standard InChI is InChI=1S/C9H16N4.C2H6/c1-4-6-7(5(2)3)8(10)13-9(11)12-6;1-2/h5H,4H2,1-3H3,(H4,10,11,12,13);1-2H3. The Morgan fingerprint density at radius 3 is 2.07 bits per heavy atom. The molecule has 0 aliphatic carbocycles. The minimum Gasteiger partial charge on any atom is -0.383 e. The molecule has 0 unspecified atom stereocenters. The number of aryl methyl sites for hydroxylation is 1. The first kappa shape index (κ1) is 13.7. The molecule has 15 heavy (non-hydrogen) atoms. The van der Waals surface area contributed by atoms with Crippen molar-refractivity contribution < 1.29 is 0 Å². The van der Waals surface area contributed by atoms with E-state index in [9.17, 15) is 0 Å². The molecule has 0 saturated carbocycles. The summed E-state index contributed by atoms with van der Waals surface area (Å²) < 4.78 is 0. The van der Waals surface area contributed by atoms with Crippen molar-refractivity contribution in [3.05, 3.63) is 11.3 Å². The molecule has 0 aliphatic heterocycles. The van der Waals surface area contributed by atoms with Crippen molar-refractivity contribution in [1.29, 1.82) is 0 Å². The predicted octanol–water partition coefficient (Wildman–Crippen LogP) is 2.35. The summed E-state index contributed by atoms with van der Waals surface area (Å²) in [5, 5.41) is 0. The number of nitrogens with two attached hydrogens (primary N) is 2. The topological polar surface area (TPSA) is 77.8 Å². The SMILES string of the molecule is CC.CCc1nc(N)nc(N)c1C(C)C. The summed E-state index contributed by atoms with van der Waals surface area (Å²) in [6.45, 7) is 10.2. The van der Waals surface area contributed by atoms with Crippen LogP contribution in [0, 0.1) is 0 Å². The van der Waals surface area contributed by atoms with E-state index in [0.717, 1.165) is 17.7 Å². The van der Waals surface area contributed by atoms with Gasteiger partial charge in [-0.2, -0.15) is 4.98 Å². The fourth-order valence-electron chi connectivity index (χ4n) is 1.45. The summed E-state index contributed by atoms with van der Waals surface area (Å²) in [6, 6.07) is 0. The third-order valence-electron chi connectivity index (χ3n) is 1.98. The zero-order valence-corrected chi connectivity index (χ0v) is 10.3. The minimum atomic E-state index is 0.263. The Morgan fingerprint density at radius 1 is 1.13 bits per heavy atom. The Labute approximate surface area is 92.1 Å². The molecule has 0 bridgehead atoms. The number of aromatic nitrogens is 2. The van der Waals surface area contributed by atoms with Crippen molar-refractivity contribution in [2.45, 2.75) is 47.0 Å². The van der Waals surface area contributed by atoms with Crippen molar-refractivity contribution in [3.63, 3.8) is 0 Å². The number of nitrogens with zero attached hydrogens (tertiary/aromatic N) is 2. The normalized spacial score (nSPS) is 9.73. The third-order valence-corrected chi connectivity index (χ3v) is 1.98. The summed E-state index contributed by atoms with van der Waals surface area (Å²) in [4.78, 5) is 8.11. The van der Waals surface area contributed by atoms with Gasteiger partial charge in [0.1, 0.15) is 5.82 Å². The number of nitrogen functional groups attached to an aromatic ring is 2. The summed E-state index contributed by atoms with van der Waals surface area (Å²) >= 11 is 0. The van der Waals surface area contributed by atoms with Crippen molar-refractivity contribution in [1.82, 2.24) is 9.97 Å². The van der Waals surface area contributed by atoms with Gasteiger partial charge in [-0.3, -0.25) is 0 Å². The fourth-order valence-corrected chi connectivity index (χ4v) is 1.45. The van der Waals surface area contributed by atoms with Gasteiger partial charge in [0.15, 0.2) is 0 Å². The Morgan fingerprint density at radius 2 is 1.67 bits per heavy atom. The smallest absolute Gasteiger partial charge is 0.222 e. The monoisotopic (exact) mass is 210 g/mol. The highest BCUT2D eigenvalue weighted by molar-refractivity contribution is 5.47. The van der Waals surface area contributed by atoms with Gasteiger partial charge in [-0.05, 0) is 12.3 Å². The summed E-state index contributed by atoms with van der Waals surface area (Å²) in [7, 11) is 0. The maximum atomic E-state index is 5.77. The van der Waals surface area contributed by atoms with Crippen LogP contribution in [0.25, 0.3) is 0 Å². The van der Waals surface area contributed by atoms with Crippen LogP contribution in [0.15, 0.2) is 0 Å². The van der Waals surface area contributed by atoms with Gasteiger partial charge in [0.25, 0.3) is 0 Å². The average Bonchev–Trinajstić information content (AvgIpc) is 2.18. The van der Waals surface area contributed by atoms with Crippen LogP contribution in [0.1, 0.15) is 51.8 Å². The second kappa shape index (κ2) is 6.22. The van der Waals surface area contributed by atoms with E-state index in [1.165, 1.54) is 0 Å². The highest BCUT2D eigenvalue weighted by Crippen LogP contribution is 2.24. The first-order valence-electron chi connectivity index (χ1n) is 5.48. The zero-order valence-electron chi connectivity index (χ0n) is 10.3. The predicted molar refractivity (Wildman–Crippen MR) is 65.7 cm³/mol. The second-order valence-electron chi connectivity index (χ2n) is 3.34. The molecule has 4 heteroatoms. The van der Waals surface area contributed by atoms with Crippen LogP contribution in [0.2, 0.25) is 0 Å². The largest absolute Gasteiger partial charge is 0.383 e. The van der Waals surface area contributed by atoms with E-state index in [1.54, 1.807) is 0 Å². The van der Waals surface area contributed by atoms with E-state index in [2.05, 4.69) is 23.8 Å². The van der Waals surface area contributed by atoms with Crippen LogP contribution in [0.3, 0.4) is 0 Å². The molecule has 0 radical (unpaired) electrons.